The normalized spacial score (nSPS) is 11.7. The number of aryl methyl sites for hydroxylation is 1. The lowest BCUT2D eigenvalue weighted by Crippen LogP contribution is -2.30. The van der Waals surface area contributed by atoms with Crippen molar-refractivity contribution in [3.8, 4) is 17.1 Å². The van der Waals surface area contributed by atoms with Gasteiger partial charge < -0.3 is 15.8 Å². The fourth-order valence-electron chi connectivity index (χ4n) is 2.81. The third-order valence-electron chi connectivity index (χ3n) is 4.69. The van der Waals surface area contributed by atoms with Gasteiger partial charge in [-0.25, -0.2) is 4.98 Å². The largest absolute Gasteiger partial charge is 0.481 e. The molecule has 0 aliphatic rings. The van der Waals surface area contributed by atoms with Crippen molar-refractivity contribution < 1.29 is 9.53 Å². The molecule has 160 valence electrons. The summed E-state index contributed by atoms with van der Waals surface area (Å²) in [5.41, 5.74) is 9.24. The van der Waals surface area contributed by atoms with Crippen molar-refractivity contribution in [1.82, 2.24) is 15.2 Å². The summed E-state index contributed by atoms with van der Waals surface area (Å²) in [7, 11) is 0. The van der Waals surface area contributed by atoms with Crippen LogP contribution in [0.25, 0.3) is 11.4 Å². The predicted molar refractivity (Wildman–Crippen MR) is 121 cm³/mol. The first kappa shape index (κ1) is 23.4. The van der Waals surface area contributed by atoms with Gasteiger partial charge in [0.2, 0.25) is 0 Å². The van der Waals surface area contributed by atoms with Crippen molar-refractivity contribution in [2.24, 2.45) is 5.73 Å². The van der Waals surface area contributed by atoms with Crippen molar-refractivity contribution in [1.29, 1.82) is 0 Å². The second-order valence-corrected chi connectivity index (χ2v) is 7.32. The number of rotatable bonds is 7. The van der Waals surface area contributed by atoms with Gasteiger partial charge in [-0.1, -0.05) is 26.0 Å². The molecule has 1 amide bonds. The van der Waals surface area contributed by atoms with E-state index in [-0.39, 0.29) is 18.3 Å². The zero-order valence-corrected chi connectivity index (χ0v) is 18.4. The van der Waals surface area contributed by atoms with Crippen molar-refractivity contribution >= 4 is 24.0 Å². The number of aromatic amines is 1. The van der Waals surface area contributed by atoms with Gasteiger partial charge in [-0.2, -0.15) is 5.10 Å². The van der Waals surface area contributed by atoms with Gasteiger partial charge >= 0.3 is 0 Å². The topological polar surface area (TPSA) is 106 Å². The lowest BCUT2D eigenvalue weighted by Gasteiger charge is -2.18. The zero-order chi connectivity index (χ0) is 21.0. The molecule has 0 radical (unpaired) electrons. The molecule has 1 unspecified atom stereocenters. The van der Waals surface area contributed by atoms with Gasteiger partial charge in [-0.15, -0.1) is 12.4 Å². The summed E-state index contributed by atoms with van der Waals surface area (Å²) >= 11 is 0. The Morgan fingerprint density at radius 2 is 1.87 bits per heavy atom. The molecular weight excluding hydrogens is 402 g/mol. The van der Waals surface area contributed by atoms with Crippen LogP contribution in [0.15, 0.2) is 42.5 Å². The lowest BCUT2D eigenvalue weighted by atomic mass is 10.0. The quantitative estimate of drug-likeness (QED) is 0.522. The molecule has 30 heavy (non-hydrogen) atoms. The lowest BCUT2D eigenvalue weighted by molar-refractivity contribution is -0.122. The number of hydrogen-bond acceptors (Lipinski definition) is 5. The highest BCUT2D eigenvalue weighted by Gasteiger charge is 2.17. The van der Waals surface area contributed by atoms with E-state index in [1.165, 1.54) is 5.56 Å². The minimum absolute atomic E-state index is 0. The number of aromatic nitrogens is 3. The maximum absolute atomic E-state index is 12.6. The molecule has 0 aliphatic heterocycles. The number of halogens is 1. The molecule has 7 nitrogen and oxygen atoms in total. The van der Waals surface area contributed by atoms with E-state index in [0.29, 0.717) is 29.8 Å². The average molecular weight is 430 g/mol. The summed E-state index contributed by atoms with van der Waals surface area (Å²) in [6.45, 7) is 8.28. The van der Waals surface area contributed by atoms with E-state index >= 15 is 0 Å². The monoisotopic (exact) mass is 429 g/mol. The van der Waals surface area contributed by atoms with E-state index in [1.807, 2.05) is 43.3 Å². The summed E-state index contributed by atoms with van der Waals surface area (Å²) in [4.78, 5) is 16.9. The van der Waals surface area contributed by atoms with Gasteiger partial charge in [-0.3, -0.25) is 9.89 Å². The highest BCUT2D eigenvalue weighted by Crippen LogP contribution is 2.25. The van der Waals surface area contributed by atoms with E-state index in [1.54, 1.807) is 6.92 Å². The second kappa shape index (κ2) is 10.2. The molecule has 0 spiro atoms. The molecule has 8 heteroatoms. The first-order valence-corrected chi connectivity index (χ1v) is 9.67. The summed E-state index contributed by atoms with van der Waals surface area (Å²) in [5.74, 6) is 2.11. The van der Waals surface area contributed by atoms with Gasteiger partial charge in [0, 0.05) is 11.3 Å². The standard InChI is InChI=1S/C22H27N5O2.ClH/c1-13(2)17-6-5-14(3)19(11-17)29-15(4)22(28)24-18-9-7-16(8-10-18)21-25-20(12-23)26-27-21;/h5-11,13,15H,12,23H2,1-4H3,(H,24,28)(H,25,26,27);1H. The molecule has 1 atom stereocenters. The third kappa shape index (κ3) is 5.58. The van der Waals surface area contributed by atoms with Gasteiger partial charge in [0.15, 0.2) is 11.9 Å². The smallest absolute Gasteiger partial charge is 0.265 e. The minimum Gasteiger partial charge on any atom is -0.481 e. The molecule has 1 aromatic heterocycles. The van der Waals surface area contributed by atoms with Crippen LogP contribution in [0.2, 0.25) is 0 Å². The highest BCUT2D eigenvalue weighted by atomic mass is 35.5. The first-order valence-electron chi connectivity index (χ1n) is 9.67. The van der Waals surface area contributed by atoms with Gasteiger partial charge in [-0.05, 0) is 61.2 Å². The Morgan fingerprint density at radius 3 is 2.47 bits per heavy atom. The van der Waals surface area contributed by atoms with Gasteiger partial charge in [0.1, 0.15) is 11.6 Å². The Hall–Kier alpha value is -2.90. The van der Waals surface area contributed by atoms with Crippen LogP contribution in [-0.2, 0) is 11.3 Å². The number of nitrogens with one attached hydrogen (secondary N) is 2. The summed E-state index contributed by atoms with van der Waals surface area (Å²) in [5, 5.41) is 9.79. The van der Waals surface area contributed by atoms with Crippen LogP contribution in [0.3, 0.4) is 0 Å². The summed E-state index contributed by atoms with van der Waals surface area (Å²) in [6.07, 6.45) is -0.629. The van der Waals surface area contributed by atoms with Crippen LogP contribution in [0, 0.1) is 6.92 Å². The zero-order valence-electron chi connectivity index (χ0n) is 17.6. The van der Waals surface area contributed by atoms with E-state index in [9.17, 15) is 4.79 Å². The number of carbonyl (C=O) groups excluding carboxylic acids is 1. The van der Waals surface area contributed by atoms with Crippen LogP contribution in [0.4, 0.5) is 5.69 Å². The number of amides is 1. The number of hydrogen-bond donors (Lipinski definition) is 3. The van der Waals surface area contributed by atoms with Crippen LogP contribution in [0.1, 0.15) is 43.6 Å². The fourth-order valence-corrected chi connectivity index (χ4v) is 2.81. The molecule has 0 fully saturated rings. The number of H-pyrrole nitrogens is 1. The molecule has 0 saturated heterocycles. The van der Waals surface area contributed by atoms with Crippen molar-refractivity contribution in [2.75, 3.05) is 5.32 Å². The van der Waals surface area contributed by atoms with Crippen molar-refractivity contribution in [3.63, 3.8) is 0 Å². The number of ether oxygens (including phenoxy) is 1. The number of anilines is 1. The van der Waals surface area contributed by atoms with E-state index in [4.69, 9.17) is 10.5 Å². The first-order chi connectivity index (χ1) is 13.9. The van der Waals surface area contributed by atoms with Gasteiger partial charge in [0.25, 0.3) is 5.91 Å². The van der Waals surface area contributed by atoms with E-state index in [0.717, 1.165) is 16.9 Å². The Labute approximate surface area is 182 Å². The number of benzene rings is 2. The SMILES string of the molecule is Cc1ccc(C(C)C)cc1OC(C)C(=O)Nc1ccc(-c2n[nH]c(CN)n2)cc1.Cl. The summed E-state index contributed by atoms with van der Waals surface area (Å²) in [6, 6.07) is 13.4. The molecule has 1 heterocycles. The Balaban J connectivity index is 0.00000320. The van der Waals surface area contributed by atoms with Crippen molar-refractivity contribution in [3.05, 3.63) is 59.4 Å². The Bertz CT molecular complexity index is 985. The van der Waals surface area contributed by atoms with Crippen LogP contribution in [-0.4, -0.2) is 27.2 Å². The molecule has 3 rings (SSSR count). The second-order valence-electron chi connectivity index (χ2n) is 7.32. The van der Waals surface area contributed by atoms with Crippen LogP contribution in [0.5, 0.6) is 5.75 Å². The van der Waals surface area contributed by atoms with E-state index in [2.05, 4.69) is 40.4 Å². The maximum atomic E-state index is 12.6. The minimum atomic E-state index is -0.629. The maximum Gasteiger partial charge on any atom is 0.265 e. The molecule has 0 aliphatic carbocycles. The number of nitrogens with two attached hydrogens (primary N) is 1. The van der Waals surface area contributed by atoms with Crippen molar-refractivity contribution in [2.45, 2.75) is 46.3 Å². The van der Waals surface area contributed by atoms with Gasteiger partial charge in [0.05, 0.1) is 6.54 Å². The summed E-state index contributed by atoms with van der Waals surface area (Å²) < 4.78 is 5.93. The number of nitrogens with zero attached hydrogens (tertiary/aromatic N) is 2. The van der Waals surface area contributed by atoms with E-state index < -0.39 is 6.10 Å². The predicted octanol–water partition coefficient (Wildman–Crippen LogP) is 4.19. The highest BCUT2D eigenvalue weighted by molar-refractivity contribution is 5.94. The molecule has 0 bridgehead atoms. The van der Waals surface area contributed by atoms with Crippen LogP contribution >= 0.6 is 12.4 Å². The van der Waals surface area contributed by atoms with Crippen LogP contribution < -0.4 is 15.8 Å². The third-order valence-corrected chi connectivity index (χ3v) is 4.69. The average Bonchev–Trinajstić information content (AvgIpc) is 3.19. The molecule has 4 N–H and O–H groups in total. The Morgan fingerprint density at radius 1 is 1.17 bits per heavy atom. The number of carbonyl (C=O) groups is 1. The molecule has 2 aromatic carbocycles. The fraction of sp³-hybridized carbons (Fsp3) is 0.318. The Kier molecular flexibility index (Phi) is 7.97. The molecule has 3 aromatic rings. The molecule has 0 saturated carbocycles. The molecular formula is C22H28ClN5O2.